The fourth-order valence-corrected chi connectivity index (χ4v) is 3.68. The van der Waals surface area contributed by atoms with Crippen LogP contribution < -0.4 is 10.9 Å². The summed E-state index contributed by atoms with van der Waals surface area (Å²) in [4.78, 5) is 30.0. The lowest BCUT2D eigenvalue weighted by atomic mass is 10.1. The summed E-state index contributed by atoms with van der Waals surface area (Å²) in [6.07, 6.45) is 1.55. The quantitative estimate of drug-likeness (QED) is 0.444. The number of amides is 1. The zero-order valence-corrected chi connectivity index (χ0v) is 17.1. The van der Waals surface area contributed by atoms with Crippen molar-refractivity contribution in [1.29, 1.82) is 0 Å². The molecule has 0 atom stereocenters. The third kappa shape index (κ3) is 3.58. The Balaban J connectivity index is 1.54. The van der Waals surface area contributed by atoms with Gasteiger partial charge in [0.05, 0.1) is 22.1 Å². The average molecular weight is 429 g/mol. The molecule has 5 rings (SSSR count). The van der Waals surface area contributed by atoms with Crippen molar-refractivity contribution in [3.63, 3.8) is 0 Å². The lowest BCUT2D eigenvalue weighted by Gasteiger charge is -2.07. The van der Waals surface area contributed by atoms with Gasteiger partial charge in [0.25, 0.3) is 11.5 Å². The Morgan fingerprint density at radius 3 is 2.55 bits per heavy atom. The van der Waals surface area contributed by atoms with E-state index in [9.17, 15) is 9.59 Å². The number of halogens is 1. The van der Waals surface area contributed by atoms with E-state index < -0.39 is 0 Å². The number of carbonyl (C=O) groups is 1. The van der Waals surface area contributed by atoms with Crippen molar-refractivity contribution in [2.45, 2.75) is 6.54 Å². The second kappa shape index (κ2) is 7.74. The van der Waals surface area contributed by atoms with Crippen molar-refractivity contribution in [2.75, 3.05) is 0 Å². The van der Waals surface area contributed by atoms with E-state index >= 15 is 0 Å². The first-order valence-corrected chi connectivity index (χ1v) is 10.1. The molecule has 0 radical (unpaired) electrons. The summed E-state index contributed by atoms with van der Waals surface area (Å²) in [7, 11) is 0. The summed E-state index contributed by atoms with van der Waals surface area (Å²) < 4.78 is 1.45. The molecule has 0 saturated carbocycles. The molecule has 0 aliphatic carbocycles. The van der Waals surface area contributed by atoms with Gasteiger partial charge >= 0.3 is 0 Å². The summed E-state index contributed by atoms with van der Waals surface area (Å²) in [6, 6.07) is 22.0. The predicted octanol–water partition coefficient (Wildman–Crippen LogP) is 4.45. The van der Waals surface area contributed by atoms with Crippen LogP contribution in [0, 0.1) is 0 Å². The Morgan fingerprint density at radius 2 is 1.77 bits per heavy atom. The molecule has 6 nitrogen and oxygen atoms in total. The van der Waals surface area contributed by atoms with Crippen LogP contribution in [-0.4, -0.2) is 20.7 Å². The lowest BCUT2D eigenvalue weighted by molar-refractivity contribution is 0.0951. The number of rotatable bonds is 4. The topological polar surface area (TPSA) is 79.8 Å². The lowest BCUT2D eigenvalue weighted by Crippen LogP contribution is -2.22. The molecule has 152 valence electrons. The maximum atomic E-state index is 12.9. The van der Waals surface area contributed by atoms with Gasteiger partial charge in [-0.1, -0.05) is 41.9 Å². The van der Waals surface area contributed by atoms with Crippen molar-refractivity contribution in [3.05, 3.63) is 105 Å². The van der Waals surface area contributed by atoms with Gasteiger partial charge in [0.1, 0.15) is 0 Å². The van der Waals surface area contributed by atoms with E-state index in [0.717, 1.165) is 5.56 Å². The van der Waals surface area contributed by atoms with E-state index in [-0.39, 0.29) is 11.5 Å². The molecular weight excluding hydrogens is 412 g/mol. The third-order valence-electron chi connectivity index (χ3n) is 5.17. The fraction of sp³-hybridized carbons (Fsp3) is 0.0417. The molecule has 5 aromatic rings. The minimum absolute atomic E-state index is 0.192. The Labute approximate surface area is 182 Å². The number of carbonyl (C=O) groups excluding carboxylic acids is 1. The SMILES string of the molecule is O=C(NCc1ccccc1)c1ccc2ncc3c(=O)n(-c4ccc(Cl)cc4)[nH]c3c2c1. The largest absolute Gasteiger partial charge is 0.348 e. The summed E-state index contributed by atoms with van der Waals surface area (Å²) >= 11 is 5.96. The second-order valence-corrected chi connectivity index (χ2v) is 7.61. The number of benzene rings is 3. The highest BCUT2D eigenvalue weighted by Gasteiger charge is 2.14. The first kappa shape index (κ1) is 19.1. The van der Waals surface area contributed by atoms with Crippen molar-refractivity contribution in [3.8, 4) is 5.69 Å². The number of pyridine rings is 1. The van der Waals surface area contributed by atoms with Crippen molar-refractivity contribution >= 4 is 39.3 Å². The van der Waals surface area contributed by atoms with Gasteiger partial charge in [-0.3, -0.25) is 19.7 Å². The normalized spacial score (nSPS) is 11.1. The average Bonchev–Trinajstić information content (AvgIpc) is 3.15. The highest BCUT2D eigenvalue weighted by atomic mass is 35.5. The van der Waals surface area contributed by atoms with Crippen molar-refractivity contribution < 1.29 is 4.79 Å². The van der Waals surface area contributed by atoms with Gasteiger partial charge < -0.3 is 5.32 Å². The van der Waals surface area contributed by atoms with E-state index in [1.54, 1.807) is 48.7 Å². The second-order valence-electron chi connectivity index (χ2n) is 7.18. The number of fused-ring (bicyclic) bond motifs is 3. The Bertz CT molecular complexity index is 1470. The maximum Gasteiger partial charge on any atom is 0.280 e. The molecule has 3 aromatic carbocycles. The standard InChI is InChI=1S/C24H17ClN4O2/c25-17-7-9-18(10-8-17)29-24(31)20-14-26-21-11-6-16(12-19(21)22(20)28-29)23(30)27-13-15-4-2-1-3-5-15/h1-12,14,28H,13H2,(H,27,30). The molecular formula is C24H17ClN4O2. The molecule has 0 fully saturated rings. The Hall–Kier alpha value is -3.90. The monoisotopic (exact) mass is 428 g/mol. The molecule has 2 heterocycles. The molecule has 7 heteroatoms. The zero-order chi connectivity index (χ0) is 21.4. The summed E-state index contributed by atoms with van der Waals surface area (Å²) in [5, 5.41) is 7.82. The van der Waals surface area contributed by atoms with Crippen LogP contribution in [0.1, 0.15) is 15.9 Å². The number of H-pyrrole nitrogens is 1. The minimum atomic E-state index is -0.217. The number of aromatic amines is 1. The van der Waals surface area contributed by atoms with Gasteiger partial charge in [0.15, 0.2) is 0 Å². The van der Waals surface area contributed by atoms with Crippen LogP contribution in [0.3, 0.4) is 0 Å². The van der Waals surface area contributed by atoms with Crippen LogP contribution in [0.5, 0.6) is 0 Å². The Morgan fingerprint density at radius 1 is 1.00 bits per heavy atom. The molecule has 0 unspecified atom stereocenters. The number of hydrogen-bond donors (Lipinski definition) is 2. The van der Waals surface area contributed by atoms with E-state index in [2.05, 4.69) is 15.4 Å². The number of aromatic nitrogens is 3. The molecule has 2 aromatic heterocycles. The van der Waals surface area contributed by atoms with Gasteiger partial charge in [-0.05, 0) is 48.0 Å². The summed E-state index contributed by atoms with van der Waals surface area (Å²) in [5.74, 6) is -0.192. The first-order valence-electron chi connectivity index (χ1n) is 9.72. The maximum absolute atomic E-state index is 12.9. The zero-order valence-electron chi connectivity index (χ0n) is 16.3. The Kier molecular flexibility index (Phi) is 4.76. The van der Waals surface area contributed by atoms with Crippen LogP contribution in [0.4, 0.5) is 0 Å². The van der Waals surface area contributed by atoms with Gasteiger partial charge in [0.2, 0.25) is 0 Å². The molecule has 1 amide bonds. The van der Waals surface area contributed by atoms with Gasteiger partial charge in [0, 0.05) is 28.7 Å². The molecule has 0 bridgehead atoms. The van der Waals surface area contributed by atoms with E-state index in [4.69, 9.17) is 11.6 Å². The van der Waals surface area contributed by atoms with E-state index in [1.165, 1.54) is 4.68 Å². The van der Waals surface area contributed by atoms with Crippen LogP contribution in [0.2, 0.25) is 5.02 Å². The van der Waals surface area contributed by atoms with Crippen molar-refractivity contribution in [2.24, 2.45) is 0 Å². The molecule has 0 spiro atoms. The molecule has 0 aliphatic rings. The van der Waals surface area contributed by atoms with Crippen LogP contribution in [0.15, 0.2) is 83.8 Å². The molecule has 31 heavy (non-hydrogen) atoms. The van der Waals surface area contributed by atoms with Gasteiger partial charge in [-0.15, -0.1) is 0 Å². The first-order chi connectivity index (χ1) is 15.1. The summed E-state index contributed by atoms with van der Waals surface area (Å²) in [6.45, 7) is 0.434. The fourth-order valence-electron chi connectivity index (χ4n) is 3.55. The number of nitrogens with one attached hydrogen (secondary N) is 2. The molecule has 2 N–H and O–H groups in total. The van der Waals surface area contributed by atoms with Crippen LogP contribution in [0.25, 0.3) is 27.5 Å². The van der Waals surface area contributed by atoms with Crippen LogP contribution >= 0.6 is 11.6 Å². The van der Waals surface area contributed by atoms with Gasteiger partial charge in [-0.25, -0.2) is 4.68 Å². The molecule has 0 aliphatic heterocycles. The van der Waals surface area contributed by atoms with Gasteiger partial charge in [-0.2, -0.15) is 0 Å². The van der Waals surface area contributed by atoms with E-state index in [0.29, 0.717) is 44.6 Å². The van der Waals surface area contributed by atoms with Crippen molar-refractivity contribution in [1.82, 2.24) is 20.1 Å². The molecule has 0 saturated heterocycles. The smallest absolute Gasteiger partial charge is 0.280 e. The van der Waals surface area contributed by atoms with E-state index in [1.807, 2.05) is 30.3 Å². The third-order valence-corrected chi connectivity index (χ3v) is 5.42. The minimum Gasteiger partial charge on any atom is -0.348 e. The highest BCUT2D eigenvalue weighted by Crippen LogP contribution is 2.23. The number of nitrogens with zero attached hydrogens (tertiary/aromatic N) is 2. The summed E-state index contributed by atoms with van der Waals surface area (Å²) in [5.41, 5.74) is 3.28. The predicted molar refractivity (Wildman–Crippen MR) is 122 cm³/mol. The number of hydrogen-bond acceptors (Lipinski definition) is 3. The van der Waals surface area contributed by atoms with Crippen LogP contribution in [-0.2, 0) is 6.54 Å². The highest BCUT2D eigenvalue weighted by molar-refractivity contribution is 6.30.